The minimum absolute atomic E-state index is 0.0872. The summed E-state index contributed by atoms with van der Waals surface area (Å²) in [5, 5.41) is 2.82. The van der Waals surface area contributed by atoms with Crippen LogP contribution in [0.3, 0.4) is 0 Å². The third-order valence-electron chi connectivity index (χ3n) is 2.37. The van der Waals surface area contributed by atoms with E-state index in [2.05, 4.69) is 15.3 Å². The zero-order chi connectivity index (χ0) is 11.6. The Morgan fingerprint density at radius 1 is 1.38 bits per heavy atom. The number of amides is 1. The molecule has 16 heavy (non-hydrogen) atoms. The van der Waals surface area contributed by atoms with Crippen molar-refractivity contribution in [2.45, 2.75) is 38.6 Å². The van der Waals surface area contributed by atoms with Gasteiger partial charge in [-0.15, -0.1) is 0 Å². The molecule has 0 aromatic carbocycles. The average molecular weight is 224 g/mol. The minimum Gasteiger partial charge on any atom is -0.349 e. The van der Waals surface area contributed by atoms with Crippen molar-refractivity contribution in [1.29, 1.82) is 0 Å². The van der Waals surface area contributed by atoms with Gasteiger partial charge in [0.05, 0.1) is 6.54 Å². The molecule has 0 saturated carbocycles. The summed E-state index contributed by atoms with van der Waals surface area (Å²) < 4.78 is 0. The first-order valence-corrected chi connectivity index (χ1v) is 5.78. The van der Waals surface area contributed by atoms with Gasteiger partial charge in [0.2, 0.25) is 5.91 Å². The number of carbonyl (C=O) groups is 1. The Hall–Kier alpha value is -1.36. The first-order valence-electron chi connectivity index (χ1n) is 5.78. The van der Waals surface area contributed by atoms with Crippen LogP contribution in [0.2, 0.25) is 0 Å². The van der Waals surface area contributed by atoms with Gasteiger partial charge >= 0.3 is 0 Å². The fourth-order valence-electron chi connectivity index (χ4n) is 1.45. The number of hydrogen-bond donors (Lipinski definition) is 3. The predicted octanol–water partition coefficient (Wildman–Crippen LogP) is 0.935. The van der Waals surface area contributed by atoms with E-state index < -0.39 is 0 Å². The quantitative estimate of drug-likeness (QED) is 0.574. The van der Waals surface area contributed by atoms with Crippen LogP contribution in [-0.4, -0.2) is 22.4 Å². The number of carbonyl (C=O) groups excluding carboxylic acids is 1. The molecule has 0 aliphatic rings. The van der Waals surface area contributed by atoms with E-state index in [0.717, 1.165) is 38.1 Å². The Bertz CT molecular complexity index is 284. The number of rotatable bonds is 8. The lowest BCUT2D eigenvalue weighted by Crippen LogP contribution is -2.22. The SMILES string of the molecule is NCCCCCCC(=O)NCc1ncc[nH]1. The lowest BCUT2D eigenvalue weighted by Gasteiger charge is -2.03. The van der Waals surface area contributed by atoms with E-state index in [0.29, 0.717) is 13.0 Å². The molecule has 0 aliphatic heterocycles. The molecule has 0 atom stereocenters. The van der Waals surface area contributed by atoms with Crippen LogP contribution in [0.1, 0.15) is 37.9 Å². The Labute approximate surface area is 95.8 Å². The standard InChI is InChI=1S/C11H20N4O/c12-6-4-2-1-3-5-11(16)15-9-10-13-7-8-14-10/h7-8H,1-6,9,12H2,(H,13,14)(H,15,16). The fourth-order valence-corrected chi connectivity index (χ4v) is 1.45. The molecular weight excluding hydrogens is 204 g/mol. The molecule has 0 unspecified atom stereocenters. The summed E-state index contributed by atoms with van der Waals surface area (Å²) in [5.74, 6) is 0.876. The van der Waals surface area contributed by atoms with E-state index in [-0.39, 0.29) is 5.91 Å². The van der Waals surface area contributed by atoms with Crippen molar-refractivity contribution in [3.05, 3.63) is 18.2 Å². The van der Waals surface area contributed by atoms with Gasteiger partial charge in [-0.2, -0.15) is 0 Å². The normalized spacial score (nSPS) is 10.3. The molecule has 1 rings (SSSR count). The van der Waals surface area contributed by atoms with Crippen LogP contribution in [0.4, 0.5) is 0 Å². The Morgan fingerprint density at radius 2 is 2.19 bits per heavy atom. The van der Waals surface area contributed by atoms with Crippen LogP contribution >= 0.6 is 0 Å². The Kier molecular flexibility index (Phi) is 6.25. The average Bonchev–Trinajstić information content (AvgIpc) is 2.79. The van der Waals surface area contributed by atoms with E-state index in [1.54, 1.807) is 12.4 Å². The van der Waals surface area contributed by atoms with Gasteiger partial charge in [-0.3, -0.25) is 4.79 Å². The third-order valence-corrected chi connectivity index (χ3v) is 2.37. The van der Waals surface area contributed by atoms with Crippen molar-refractivity contribution in [3.63, 3.8) is 0 Å². The van der Waals surface area contributed by atoms with Gasteiger partial charge in [0.1, 0.15) is 5.82 Å². The maximum Gasteiger partial charge on any atom is 0.220 e. The molecule has 0 radical (unpaired) electrons. The lowest BCUT2D eigenvalue weighted by atomic mass is 10.1. The Morgan fingerprint density at radius 3 is 2.88 bits per heavy atom. The number of nitrogens with one attached hydrogen (secondary N) is 2. The van der Waals surface area contributed by atoms with Crippen molar-refractivity contribution in [2.75, 3.05) is 6.54 Å². The molecule has 0 aliphatic carbocycles. The molecule has 1 heterocycles. The molecule has 0 fully saturated rings. The highest BCUT2D eigenvalue weighted by molar-refractivity contribution is 5.75. The topological polar surface area (TPSA) is 83.8 Å². The molecular formula is C11H20N4O. The summed E-state index contributed by atoms with van der Waals surface area (Å²) in [6, 6.07) is 0. The fraction of sp³-hybridized carbons (Fsp3) is 0.636. The zero-order valence-corrected chi connectivity index (χ0v) is 9.54. The van der Waals surface area contributed by atoms with Crippen molar-refractivity contribution in [1.82, 2.24) is 15.3 Å². The summed E-state index contributed by atoms with van der Waals surface area (Å²) in [4.78, 5) is 18.4. The summed E-state index contributed by atoms with van der Waals surface area (Å²) in [5.41, 5.74) is 5.38. The molecule has 1 aromatic rings. The number of unbranched alkanes of at least 4 members (excludes halogenated alkanes) is 3. The Balaban J connectivity index is 1.99. The van der Waals surface area contributed by atoms with Gasteiger partial charge in [-0.05, 0) is 19.4 Å². The second-order valence-electron chi connectivity index (χ2n) is 3.77. The smallest absolute Gasteiger partial charge is 0.220 e. The van der Waals surface area contributed by atoms with Crippen molar-refractivity contribution >= 4 is 5.91 Å². The van der Waals surface area contributed by atoms with Gasteiger partial charge in [-0.25, -0.2) is 4.98 Å². The van der Waals surface area contributed by atoms with Gasteiger partial charge < -0.3 is 16.0 Å². The largest absolute Gasteiger partial charge is 0.349 e. The molecule has 4 N–H and O–H groups in total. The molecule has 5 nitrogen and oxygen atoms in total. The highest BCUT2D eigenvalue weighted by Gasteiger charge is 2.01. The molecule has 1 aromatic heterocycles. The summed E-state index contributed by atoms with van der Waals surface area (Å²) >= 11 is 0. The minimum atomic E-state index is 0.0872. The maximum absolute atomic E-state index is 11.4. The second kappa shape index (κ2) is 7.87. The number of hydrogen-bond acceptors (Lipinski definition) is 3. The molecule has 0 saturated heterocycles. The highest BCUT2D eigenvalue weighted by Crippen LogP contribution is 2.02. The zero-order valence-electron chi connectivity index (χ0n) is 9.54. The summed E-state index contributed by atoms with van der Waals surface area (Å²) in [6.45, 7) is 1.22. The van der Waals surface area contributed by atoms with Crippen LogP contribution in [0.15, 0.2) is 12.4 Å². The molecule has 5 heteroatoms. The molecule has 0 spiro atoms. The lowest BCUT2D eigenvalue weighted by molar-refractivity contribution is -0.121. The third kappa shape index (κ3) is 5.50. The van der Waals surface area contributed by atoms with E-state index >= 15 is 0 Å². The molecule has 0 bridgehead atoms. The predicted molar refractivity (Wildman–Crippen MR) is 62.6 cm³/mol. The number of nitrogens with zero attached hydrogens (tertiary/aromatic N) is 1. The van der Waals surface area contributed by atoms with Crippen LogP contribution in [-0.2, 0) is 11.3 Å². The number of H-pyrrole nitrogens is 1. The van der Waals surface area contributed by atoms with Crippen LogP contribution in [0.5, 0.6) is 0 Å². The first kappa shape index (κ1) is 12.7. The van der Waals surface area contributed by atoms with E-state index in [1.165, 1.54) is 0 Å². The highest BCUT2D eigenvalue weighted by atomic mass is 16.1. The van der Waals surface area contributed by atoms with E-state index in [1.807, 2.05) is 0 Å². The monoisotopic (exact) mass is 224 g/mol. The number of aromatic amines is 1. The van der Waals surface area contributed by atoms with E-state index in [9.17, 15) is 4.79 Å². The van der Waals surface area contributed by atoms with Crippen molar-refractivity contribution in [2.24, 2.45) is 5.73 Å². The summed E-state index contributed by atoms with van der Waals surface area (Å²) in [7, 11) is 0. The second-order valence-corrected chi connectivity index (χ2v) is 3.77. The summed E-state index contributed by atoms with van der Waals surface area (Å²) in [6.07, 6.45) is 8.18. The van der Waals surface area contributed by atoms with Gasteiger partial charge in [-0.1, -0.05) is 12.8 Å². The van der Waals surface area contributed by atoms with Gasteiger partial charge in [0.25, 0.3) is 0 Å². The first-order chi connectivity index (χ1) is 7.83. The maximum atomic E-state index is 11.4. The van der Waals surface area contributed by atoms with Gasteiger partial charge in [0, 0.05) is 18.8 Å². The van der Waals surface area contributed by atoms with Crippen molar-refractivity contribution in [3.8, 4) is 0 Å². The van der Waals surface area contributed by atoms with Gasteiger partial charge in [0.15, 0.2) is 0 Å². The van der Waals surface area contributed by atoms with Crippen LogP contribution in [0, 0.1) is 0 Å². The number of aromatic nitrogens is 2. The molecule has 90 valence electrons. The number of nitrogens with two attached hydrogens (primary N) is 1. The van der Waals surface area contributed by atoms with Crippen LogP contribution < -0.4 is 11.1 Å². The number of imidazole rings is 1. The van der Waals surface area contributed by atoms with Crippen molar-refractivity contribution < 1.29 is 4.79 Å². The van der Waals surface area contributed by atoms with Crippen LogP contribution in [0.25, 0.3) is 0 Å². The molecule has 1 amide bonds. The van der Waals surface area contributed by atoms with E-state index in [4.69, 9.17) is 5.73 Å².